The quantitative estimate of drug-likeness (QED) is 0.811. The Hall–Kier alpha value is 0.200. The fourth-order valence-electron chi connectivity index (χ4n) is 3.20. The van der Waals surface area contributed by atoms with Gasteiger partial charge in [0.2, 0.25) is 0 Å². The molecule has 0 amide bonds. The smallest absolute Gasteiger partial charge is 0.0991 e. The topological polar surface area (TPSA) is 29.3 Å². The van der Waals surface area contributed by atoms with Crippen molar-refractivity contribution in [3.05, 3.63) is 20.3 Å². The molecule has 2 rings (SSSR count). The molecule has 1 heterocycles. The molecule has 5 heteroatoms. The van der Waals surface area contributed by atoms with Crippen LogP contribution in [0.15, 0.2) is 6.07 Å². The Morgan fingerprint density at radius 1 is 1.35 bits per heavy atom. The Morgan fingerprint density at radius 3 is 2.50 bits per heavy atom. The van der Waals surface area contributed by atoms with Crippen molar-refractivity contribution in [2.75, 3.05) is 6.54 Å². The third-order valence-electron chi connectivity index (χ3n) is 4.32. The molecule has 0 bridgehead atoms. The Bertz CT molecular complexity index is 428. The minimum atomic E-state index is 0.325. The second-order valence-corrected chi connectivity index (χ2v) is 8.05. The number of nitrogens with two attached hydrogens (primary N) is 1. The lowest BCUT2D eigenvalue weighted by molar-refractivity contribution is 0.108. The first-order valence-corrected chi connectivity index (χ1v) is 9.06. The van der Waals surface area contributed by atoms with Crippen LogP contribution in [0.2, 0.25) is 8.67 Å². The fraction of sp³-hybridized carbons (Fsp3) is 0.733. The van der Waals surface area contributed by atoms with Gasteiger partial charge in [0.05, 0.1) is 8.67 Å². The summed E-state index contributed by atoms with van der Waals surface area (Å²) in [6.45, 7) is 5.58. The van der Waals surface area contributed by atoms with E-state index in [0.29, 0.717) is 18.1 Å². The van der Waals surface area contributed by atoms with Crippen molar-refractivity contribution in [3.8, 4) is 0 Å². The van der Waals surface area contributed by atoms with E-state index in [1.165, 1.54) is 29.7 Å². The molecule has 1 saturated carbocycles. The Labute approximate surface area is 136 Å². The van der Waals surface area contributed by atoms with Gasteiger partial charge in [-0.25, -0.2) is 0 Å². The van der Waals surface area contributed by atoms with Crippen LogP contribution in [-0.2, 0) is 0 Å². The van der Waals surface area contributed by atoms with Gasteiger partial charge >= 0.3 is 0 Å². The number of nitrogens with zero attached hydrogens (tertiary/aromatic N) is 1. The predicted octanol–water partition coefficient (Wildman–Crippen LogP) is 5.10. The molecular weight excluding hydrogens is 311 g/mol. The van der Waals surface area contributed by atoms with Crippen LogP contribution in [0.4, 0.5) is 0 Å². The van der Waals surface area contributed by atoms with E-state index >= 15 is 0 Å². The van der Waals surface area contributed by atoms with Crippen molar-refractivity contribution in [1.82, 2.24) is 4.90 Å². The van der Waals surface area contributed by atoms with Crippen molar-refractivity contribution in [1.29, 1.82) is 0 Å². The molecule has 0 saturated heterocycles. The predicted molar refractivity (Wildman–Crippen MR) is 90.0 cm³/mol. The summed E-state index contributed by atoms with van der Waals surface area (Å²) < 4.78 is 1.61. The first-order chi connectivity index (χ1) is 9.52. The van der Waals surface area contributed by atoms with E-state index in [0.717, 1.165) is 34.5 Å². The molecule has 20 heavy (non-hydrogen) atoms. The molecular formula is C15H24Cl2N2S. The first kappa shape index (κ1) is 16.6. The van der Waals surface area contributed by atoms with Crippen LogP contribution in [0.1, 0.15) is 57.6 Å². The molecule has 1 aliphatic carbocycles. The summed E-state index contributed by atoms with van der Waals surface area (Å²) in [7, 11) is 0. The Morgan fingerprint density at radius 2 is 2.00 bits per heavy atom. The van der Waals surface area contributed by atoms with E-state index in [1.54, 1.807) is 0 Å². The zero-order chi connectivity index (χ0) is 14.7. The minimum absolute atomic E-state index is 0.325. The van der Waals surface area contributed by atoms with Gasteiger partial charge in [-0.3, -0.25) is 4.90 Å². The van der Waals surface area contributed by atoms with Crippen molar-refractivity contribution in [2.45, 2.75) is 64.1 Å². The van der Waals surface area contributed by atoms with Crippen LogP contribution < -0.4 is 5.73 Å². The highest BCUT2D eigenvalue weighted by Gasteiger charge is 2.29. The summed E-state index contributed by atoms with van der Waals surface area (Å²) in [6, 6.07) is 3.37. The van der Waals surface area contributed by atoms with Gasteiger partial charge in [0.25, 0.3) is 0 Å². The monoisotopic (exact) mass is 334 g/mol. The molecule has 1 atom stereocenters. The summed E-state index contributed by atoms with van der Waals surface area (Å²) in [4.78, 5) is 2.59. The largest absolute Gasteiger partial charge is 0.328 e. The Balaban J connectivity index is 2.13. The maximum atomic E-state index is 6.33. The zero-order valence-electron chi connectivity index (χ0n) is 12.2. The van der Waals surface area contributed by atoms with Crippen molar-refractivity contribution < 1.29 is 0 Å². The van der Waals surface area contributed by atoms with Crippen LogP contribution in [0, 0.1) is 0 Å². The maximum Gasteiger partial charge on any atom is 0.0991 e. The standard InChI is InChI=1S/C15H24Cl2N2S/c1-3-8-19(12-6-4-11(18)5-7-12)10(2)13-9-14(16)20-15(13)17/h9-12H,3-8,18H2,1-2H3. The van der Waals surface area contributed by atoms with Crippen LogP contribution in [-0.4, -0.2) is 23.5 Å². The molecule has 0 radical (unpaired) electrons. The maximum absolute atomic E-state index is 6.33. The molecule has 1 fully saturated rings. The van der Waals surface area contributed by atoms with Gasteiger partial charge in [-0.2, -0.15) is 0 Å². The highest BCUT2D eigenvalue weighted by molar-refractivity contribution is 7.20. The normalized spacial score (nSPS) is 25.1. The van der Waals surface area contributed by atoms with E-state index in [1.807, 2.05) is 6.07 Å². The molecule has 1 aromatic rings. The summed E-state index contributed by atoms with van der Waals surface area (Å²) in [5.41, 5.74) is 7.20. The highest BCUT2D eigenvalue weighted by atomic mass is 35.5. The van der Waals surface area contributed by atoms with Crippen LogP contribution in [0.25, 0.3) is 0 Å². The number of thiophene rings is 1. The van der Waals surface area contributed by atoms with E-state index < -0.39 is 0 Å². The number of halogens is 2. The van der Waals surface area contributed by atoms with Crippen molar-refractivity contribution in [3.63, 3.8) is 0 Å². The lowest BCUT2D eigenvalue weighted by Gasteiger charge is -2.39. The van der Waals surface area contributed by atoms with Crippen LogP contribution in [0.3, 0.4) is 0 Å². The molecule has 0 aliphatic heterocycles. The molecule has 0 aromatic carbocycles. The SMILES string of the molecule is CCCN(C1CCC(N)CC1)C(C)c1cc(Cl)sc1Cl. The van der Waals surface area contributed by atoms with Gasteiger partial charge in [-0.15, -0.1) is 11.3 Å². The number of hydrogen-bond donors (Lipinski definition) is 1. The van der Waals surface area contributed by atoms with Crippen molar-refractivity contribution in [2.24, 2.45) is 5.73 Å². The molecule has 1 unspecified atom stereocenters. The minimum Gasteiger partial charge on any atom is -0.328 e. The van der Waals surface area contributed by atoms with Gasteiger partial charge in [0.15, 0.2) is 0 Å². The lowest BCUT2D eigenvalue weighted by atomic mass is 9.89. The molecule has 2 nitrogen and oxygen atoms in total. The van der Waals surface area contributed by atoms with Gasteiger partial charge in [-0.05, 0) is 51.6 Å². The third kappa shape index (κ3) is 3.89. The van der Waals surface area contributed by atoms with Gasteiger partial charge in [-0.1, -0.05) is 30.1 Å². The average molecular weight is 335 g/mol. The van der Waals surface area contributed by atoms with E-state index in [4.69, 9.17) is 28.9 Å². The lowest BCUT2D eigenvalue weighted by Crippen LogP contribution is -2.42. The molecule has 2 N–H and O–H groups in total. The molecule has 1 aliphatic rings. The van der Waals surface area contributed by atoms with Gasteiger partial charge in [0.1, 0.15) is 0 Å². The second kappa shape index (κ2) is 7.46. The summed E-state index contributed by atoms with van der Waals surface area (Å²) in [5.74, 6) is 0. The summed E-state index contributed by atoms with van der Waals surface area (Å²) in [6.07, 6.45) is 5.82. The van der Waals surface area contributed by atoms with Crippen LogP contribution in [0.5, 0.6) is 0 Å². The van der Waals surface area contributed by atoms with Crippen LogP contribution >= 0.6 is 34.5 Å². The number of hydrogen-bond acceptors (Lipinski definition) is 3. The second-order valence-electron chi connectivity index (χ2n) is 5.76. The number of rotatable bonds is 5. The highest BCUT2D eigenvalue weighted by Crippen LogP contribution is 2.39. The van der Waals surface area contributed by atoms with Gasteiger partial charge in [0, 0.05) is 23.7 Å². The molecule has 0 spiro atoms. The van der Waals surface area contributed by atoms with E-state index in [-0.39, 0.29) is 0 Å². The summed E-state index contributed by atoms with van der Waals surface area (Å²) in [5, 5.41) is 0. The molecule has 1 aromatic heterocycles. The van der Waals surface area contributed by atoms with Crippen molar-refractivity contribution >= 4 is 34.5 Å². The third-order valence-corrected chi connectivity index (χ3v) is 5.84. The average Bonchev–Trinajstić information content (AvgIpc) is 2.75. The van der Waals surface area contributed by atoms with E-state index in [2.05, 4.69) is 18.7 Å². The zero-order valence-corrected chi connectivity index (χ0v) is 14.6. The summed E-state index contributed by atoms with van der Waals surface area (Å²) >= 11 is 13.9. The Kier molecular flexibility index (Phi) is 6.18. The van der Waals surface area contributed by atoms with Gasteiger partial charge < -0.3 is 5.73 Å². The fourth-order valence-corrected chi connectivity index (χ4v) is 4.83. The first-order valence-electron chi connectivity index (χ1n) is 7.49. The molecule has 114 valence electrons. The van der Waals surface area contributed by atoms with E-state index in [9.17, 15) is 0 Å².